The summed E-state index contributed by atoms with van der Waals surface area (Å²) in [7, 11) is 1.61. The molecule has 2 rings (SSSR count). The maximum atomic E-state index is 5.66. The van der Waals surface area contributed by atoms with Gasteiger partial charge in [0.25, 0.3) is 0 Å². The first kappa shape index (κ1) is 10.6. The molecule has 0 atom stereocenters. The molecule has 0 fully saturated rings. The normalized spacial score (nSPS) is 9.81. The van der Waals surface area contributed by atoms with Gasteiger partial charge in [0.2, 0.25) is 0 Å². The van der Waals surface area contributed by atoms with Gasteiger partial charge in [-0.25, -0.2) is 0 Å². The molecule has 81 valence electrons. The zero-order valence-electron chi connectivity index (χ0n) is 9.14. The van der Waals surface area contributed by atoms with Crippen molar-refractivity contribution in [3.63, 3.8) is 0 Å². The van der Waals surface area contributed by atoms with Gasteiger partial charge in [0.05, 0.1) is 7.11 Å². The van der Waals surface area contributed by atoms with Gasteiger partial charge in [-0.1, -0.05) is 42.5 Å². The maximum Gasteiger partial charge on any atom is 0.168 e. The van der Waals surface area contributed by atoms with Crippen molar-refractivity contribution in [3.05, 3.63) is 60.2 Å². The molecule has 2 aromatic rings. The number of ether oxygens (including phenoxy) is 2. The molecule has 2 aromatic carbocycles. The van der Waals surface area contributed by atoms with Crippen LogP contribution in [0.25, 0.3) is 0 Å². The summed E-state index contributed by atoms with van der Waals surface area (Å²) in [5.74, 6) is 1.35. The number of hydrogen-bond acceptors (Lipinski definition) is 2. The molecular weight excluding hydrogens is 200 g/mol. The zero-order valence-corrected chi connectivity index (χ0v) is 9.14. The van der Waals surface area contributed by atoms with E-state index in [0.29, 0.717) is 18.1 Å². The minimum absolute atomic E-state index is 0.537. The number of hydrogen-bond donors (Lipinski definition) is 0. The standard InChI is InChI=1S/C14H13O2/c1-15-13-9-5-6-10-14(13)16-11-12-7-3-2-4-8-12/h2-8,10H,11H2,1H3. The molecule has 2 nitrogen and oxygen atoms in total. The van der Waals surface area contributed by atoms with Gasteiger partial charge >= 0.3 is 0 Å². The summed E-state index contributed by atoms with van der Waals surface area (Å²) in [4.78, 5) is 0. The topological polar surface area (TPSA) is 18.5 Å². The number of para-hydroxylation sites is 1. The van der Waals surface area contributed by atoms with Gasteiger partial charge in [-0.3, -0.25) is 0 Å². The second-order valence-corrected chi connectivity index (χ2v) is 3.34. The van der Waals surface area contributed by atoms with Gasteiger partial charge in [0.1, 0.15) is 6.61 Å². The van der Waals surface area contributed by atoms with Crippen molar-refractivity contribution in [3.8, 4) is 11.5 Å². The fourth-order valence-electron chi connectivity index (χ4n) is 1.41. The second kappa shape index (κ2) is 5.21. The highest BCUT2D eigenvalue weighted by Gasteiger charge is 2.02. The lowest BCUT2D eigenvalue weighted by atomic mass is 10.2. The Hall–Kier alpha value is -1.96. The van der Waals surface area contributed by atoms with Crippen LogP contribution < -0.4 is 9.47 Å². The summed E-state index contributed by atoms with van der Waals surface area (Å²) in [5.41, 5.74) is 1.13. The average molecular weight is 213 g/mol. The number of methoxy groups -OCH3 is 1. The summed E-state index contributed by atoms with van der Waals surface area (Å²) in [6.45, 7) is 0.537. The summed E-state index contributed by atoms with van der Waals surface area (Å²) in [6.07, 6.45) is 0. The summed E-state index contributed by atoms with van der Waals surface area (Å²) < 4.78 is 10.8. The van der Waals surface area contributed by atoms with Crippen LogP contribution in [0.1, 0.15) is 5.56 Å². The van der Waals surface area contributed by atoms with Crippen LogP contribution in [0.3, 0.4) is 0 Å². The molecule has 0 spiro atoms. The van der Waals surface area contributed by atoms with Crippen LogP contribution in [-0.2, 0) is 6.61 Å². The first-order chi connectivity index (χ1) is 7.90. The molecule has 0 saturated carbocycles. The van der Waals surface area contributed by atoms with Gasteiger partial charge in [0, 0.05) is 6.07 Å². The highest BCUT2D eigenvalue weighted by molar-refractivity contribution is 5.38. The molecular formula is C14H13O2. The van der Waals surface area contributed by atoms with Gasteiger partial charge < -0.3 is 9.47 Å². The van der Waals surface area contributed by atoms with Crippen LogP contribution in [-0.4, -0.2) is 7.11 Å². The van der Waals surface area contributed by atoms with E-state index in [4.69, 9.17) is 9.47 Å². The molecule has 0 aromatic heterocycles. The quantitative estimate of drug-likeness (QED) is 0.777. The first-order valence-corrected chi connectivity index (χ1v) is 5.11. The highest BCUT2D eigenvalue weighted by Crippen LogP contribution is 2.25. The molecule has 0 N–H and O–H groups in total. The Labute approximate surface area is 95.4 Å². The Balaban J connectivity index is 2.05. The largest absolute Gasteiger partial charge is 0.492 e. The number of benzene rings is 2. The second-order valence-electron chi connectivity index (χ2n) is 3.34. The van der Waals surface area contributed by atoms with Crippen molar-refractivity contribution in [2.45, 2.75) is 6.61 Å². The molecule has 16 heavy (non-hydrogen) atoms. The molecule has 0 saturated heterocycles. The molecule has 0 heterocycles. The first-order valence-electron chi connectivity index (χ1n) is 5.11. The smallest absolute Gasteiger partial charge is 0.168 e. The minimum atomic E-state index is 0.537. The van der Waals surface area contributed by atoms with Gasteiger partial charge in [-0.2, -0.15) is 0 Å². The molecule has 0 amide bonds. The Morgan fingerprint density at radius 1 is 1.06 bits per heavy atom. The van der Waals surface area contributed by atoms with Crippen molar-refractivity contribution in [1.82, 2.24) is 0 Å². The lowest BCUT2D eigenvalue weighted by Gasteiger charge is -2.09. The average Bonchev–Trinajstić information content (AvgIpc) is 2.38. The van der Waals surface area contributed by atoms with Crippen molar-refractivity contribution in [1.29, 1.82) is 0 Å². The van der Waals surface area contributed by atoms with E-state index in [1.165, 1.54) is 0 Å². The van der Waals surface area contributed by atoms with E-state index in [2.05, 4.69) is 6.07 Å². The van der Waals surface area contributed by atoms with Crippen molar-refractivity contribution >= 4 is 0 Å². The third-order valence-corrected chi connectivity index (χ3v) is 2.22. The Morgan fingerprint density at radius 3 is 2.62 bits per heavy atom. The predicted octanol–water partition coefficient (Wildman–Crippen LogP) is 3.07. The monoisotopic (exact) mass is 213 g/mol. The van der Waals surface area contributed by atoms with Gasteiger partial charge in [-0.05, 0) is 11.6 Å². The van der Waals surface area contributed by atoms with Crippen LogP contribution >= 0.6 is 0 Å². The van der Waals surface area contributed by atoms with Gasteiger partial charge in [0.15, 0.2) is 11.5 Å². The zero-order chi connectivity index (χ0) is 11.2. The third kappa shape index (κ3) is 2.54. The van der Waals surface area contributed by atoms with Crippen LogP contribution in [0.15, 0.2) is 48.5 Å². The molecule has 0 bridgehead atoms. The van der Waals surface area contributed by atoms with Crippen molar-refractivity contribution in [2.24, 2.45) is 0 Å². The molecule has 0 aliphatic rings. The van der Waals surface area contributed by atoms with E-state index in [1.807, 2.05) is 42.5 Å². The van der Waals surface area contributed by atoms with Crippen molar-refractivity contribution in [2.75, 3.05) is 7.11 Å². The van der Waals surface area contributed by atoms with Gasteiger partial charge in [-0.15, -0.1) is 0 Å². The lowest BCUT2D eigenvalue weighted by Crippen LogP contribution is -1.97. The summed E-state index contributed by atoms with van der Waals surface area (Å²) >= 11 is 0. The molecule has 0 aliphatic carbocycles. The third-order valence-electron chi connectivity index (χ3n) is 2.22. The fraction of sp³-hybridized carbons (Fsp3) is 0.143. The predicted molar refractivity (Wildman–Crippen MR) is 62.6 cm³/mol. The minimum Gasteiger partial charge on any atom is -0.492 e. The van der Waals surface area contributed by atoms with E-state index in [0.717, 1.165) is 5.56 Å². The van der Waals surface area contributed by atoms with Crippen LogP contribution in [0.5, 0.6) is 11.5 Å². The molecule has 2 heteroatoms. The van der Waals surface area contributed by atoms with Crippen LogP contribution in [0, 0.1) is 6.07 Å². The number of rotatable bonds is 4. The summed E-state index contributed by atoms with van der Waals surface area (Å²) in [5, 5.41) is 0. The Morgan fingerprint density at radius 2 is 1.88 bits per heavy atom. The molecule has 0 unspecified atom stereocenters. The Bertz CT molecular complexity index is 437. The van der Waals surface area contributed by atoms with E-state index in [1.54, 1.807) is 13.2 Å². The highest BCUT2D eigenvalue weighted by atomic mass is 16.5. The van der Waals surface area contributed by atoms with Crippen LogP contribution in [0.4, 0.5) is 0 Å². The molecule has 0 aliphatic heterocycles. The van der Waals surface area contributed by atoms with E-state index in [-0.39, 0.29) is 0 Å². The fourth-order valence-corrected chi connectivity index (χ4v) is 1.41. The molecule has 1 radical (unpaired) electrons. The summed E-state index contributed by atoms with van der Waals surface area (Å²) in [6, 6.07) is 18.6. The van der Waals surface area contributed by atoms with E-state index in [9.17, 15) is 0 Å². The van der Waals surface area contributed by atoms with Crippen molar-refractivity contribution < 1.29 is 9.47 Å². The van der Waals surface area contributed by atoms with E-state index >= 15 is 0 Å². The lowest BCUT2D eigenvalue weighted by molar-refractivity contribution is 0.284. The Kier molecular flexibility index (Phi) is 3.44. The maximum absolute atomic E-state index is 5.66. The van der Waals surface area contributed by atoms with E-state index < -0.39 is 0 Å². The SMILES string of the molecule is COc1[c]cccc1OCc1ccccc1. The van der Waals surface area contributed by atoms with Crippen LogP contribution in [0.2, 0.25) is 0 Å².